The number of hydrogen-bond donors (Lipinski definition) is 1. The Morgan fingerprint density at radius 2 is 1.76 bits per heavy atom. The van der Waals surface area contributed by atoms with Crippen LogP contribution in [-0.4, -0.2) is 11.9 Å². The summed E-state index contributed by atoms with van der Waals surface area (Å²) in [6.07, 6.45) is 9.01. The molecule has 3 nitrogen and oxygen atoms in total. The molecule has 1 aromatic carbocycles. The van der Waals surface area contributed by atoms with Crippen LogP contribution < -0.4 is 5.32 Å². The monoisotopic (exact) mass is 282 g/mol. The van der Waals surface area contributed by atoms with Crippen LogP contribution >= 0.6 is 0 Å². The lowest BCUT2D eigenvalue weighted by Gasteiger charge is -2.39. The highest BCUT2D eigenvalue weighted by molar-refractivity contribution is 5.94. The lowest BCUT2D eigenvalue weighted by Crippen LogP contribution is -2.41. The minimum atomic E-state index is -0.00116. The summed E-state index contributed by atoms with van der Waals surface area (Å²) >= 11 is 0. The van der Waals surface area contributed by atoms with Gasteiger partial charge >= 0.3 is 0 Å². The zero-order valence-corrected chi connectivity index (χ0v) is 12.3. The number of amides is 1. The summed E-state index contributed by atoms with van der Waals surface area (Å²) in [5, 5.41) is 12.0. The molecule has 3 heteroatoms. The van der Waals surface area contributed by atoms with E-state index in [9.17, 15) is 4.79 Å². The number of nitrogens with zero attached hydrogens (tertiary/aromatic N) is 1. The van der Waals surface area contributed by atoms with E-state index < -0.39 is 0 Å². The maximum absolute atomic E-state index is 12.3. The predicted octanol–water partition coefficient (Wildman–Crippen LogP) is 3.65. The van der Waals surface area contributed by atoms with E-state index in [4.69, 9.17) is 5.26 Å². The molecule has 2 saturated carbocycles. The summed E-state index contributed by atoms with van der Waals surface area (Å²) in [7, 11) is 0. The van der Waals surface area contributed by atoms with E-state index in [-0.39, 0.29) is 5.91 Å². The molecule has 0 radical (unpaired) electrons. The van der Waals surface area contributed by atoms with Gasteiger partial charge in [-0.15, -0.1) is 0 Å². The summed E-state index contributed by atoms with van der Waals surface area (Å²) in [5.41, 5.74) is 1.24. The Kier molecular flexibility index (Phi) is 4.24. The van der Waals surface area contributed by atoms with Crippen molar-refractivity contribution in [2.45, 2.75) is 51.0 Å². The summed E-state index contributed by atoms with van der Waals surface area (Å²) in [4.78, 5) is 12.3. The molecule has 3 rings (SSSR count). The lowest BCUT2D eigenvalue weighted by atomic mass is 9.69. The number of carbonyl (C=O) groups is 1. The van der Waals surface area contributed by atoms with E-state index in [1.165, 1.54) is 32.1 Å². The zero-order chi connectivity index (χ0) is 14.7. The molecule has 0 bridgehead atoms. The zero-order valence-electron chi connectivity index (χ0n) is 12.3. The molecular weight excluding hydrogens is 260 g/mol. The average Bonchev–Trinajstić information content (AvgIpc) is 2.55. The molecule has 0 spiro atoms. The number of nitriles is 1. The van der Waals surface area contributed by atoms with Crippen molar-refractivity contribution < 1.29 is 4.79 Å². The Bertz CT molecular complexity index is 543. The van der Waals surface area contributed by atoms with Gasteiger partial charge in [0.1, 0.15) is 0 Å². The molecular formula is C18H22N2O. The molecule has 1 aromatic rings. The van der Waals surface area contributed by atoms with Crippen LogP contribution in [0, 0.1) is 23.2 Å². The SMILES string of the molecule is N#Cc1ccc(C(=O)N[C@@H]2CC[C@H]3CCCC[C@H]3C2)cc1. The molecule has 2 fully saturated rings. The molecule has 1 amide bonds. The topological polar surface area (TPSA) is 52.9 Å². The Balaban J connectivity index is 1.58. The van der Waals surface area contributed by atoms with Crippen molar-refractivity contribution in [2.24, 2.45) is 11.8 Å². The molecule has 1 N–H and O–H groups in total. The van der Waals surface area contributed by atoms with E-state index in [2.05, 4.69) is 11.4 Å². The van der Waals surface area contributed by atoms with Crippen LogP contribution in [0.1, 0.15) is 60.9 Å². The van der Waals surface area contributed by atoms with Crippen molar-refractivity contribution >= 4 is 5.91 Å². The van der Waals surface area contributed by atoms with Crippen molar-refractivity contribution in [3.05, 3.63) is 35.4 Å². The highest BCUT2D eigenvalue weighted by Gasteiger charge is 2.32. The largest absolute Gasteiger partial charge is 0.349 e. The molecule has 0 heterocycles. The minimum absolute atomic E-state index is 0.00116. The number of rotatable bonds is 2. The van der Waals surface area contributed by atoms with Gasteiger partial charge in [0, 0.05) is 11.6 Å². The van der Waals surface area contributed by atoms with E-state index >= 15 is 0 Å². The van der Waals surface area contributed by atoms with Gasteiger partial charge in [0.25, 0.3) is 5.91 Å². The molecule has 3 atom stereocenters. The first-order valence-electron chi connectivity index (χ1n) is 8.07. The van der Waals surface area contributed by atoms with Crippen LogP contribution in [0.5, 0.6) is 0 Å². The van der Waals surface area contributed by atoms with E-state index in [0.717, 1.165) is 24.7 Å². The van der Waals surface area contributed by atoms with Gasteiger partial charge in [-0.2, -0.15) is 5.26 Å². The second-order valence-electron chi connectivity index (χ2n) is 6.48. The van der Waals surface area contributed by atoms with Gasteiger partial charge in [-0.25, -0.2) is 0 Å². The maximum atomic E-state index is 12.3. The quantitative estimate of drug-likeness (QED) is 0.900. The van der Waals surface area contributed by atoms with Crippen LogP contribution in [0.3, 0.4) is 0 Å². The van der Waals surface area contributed by atoms with Gasteiger partial charge in [0.05, 0.1) is 11.6 Å². The normalized spacial score (nSPS) is 28.2. The molecule has 0 saturated heterocycles. The summed E-state index contributed by atoms with van der Waals surface area (Å²) in [6.45, 7) is 0. The molecule has 0 unspecified atom stereocenters. The average molecular weight is 282 g/mol. The number of nitrogens with one attached hydrogen (secondary N) is 1. The molecule has 2 aliphatic rings. The molecule has 2 aliphatic carbocycles. The summed E-state index contributed by atoms with van der Waals surface area (Å²) in [6, 6.07) is 9.28. The molecule has 0 aromatic heterocycles. The number of fused-ring (bicyclic) bond motifs is 1. The summed E-state index contributed by atoms with van der Waals surface area (Å²) in [5.74, 6) is 1.72. The lowest BCUT2D eigenvalue weighted by molar-refractivity contribution is 0.0879. The van der Waals surface area contributed by atoms with Crippen LogP contribution in [-0.2, 0) is 0 Å². The second kappa shape index (κ2) is 6.30. The van der Waals surface area contributed by atoms with Crippen LogP contribution in [0.15, 0.2) is 24.3 Å². The van der Waals surface area contributed by atoms with E-state index in [0.29, 0.717) is 17.2 Å². The smallest absolute Gasteiger partial charge is 0.251 e. The second-order valence-corrected chi connectivity index (χ2v) is 6.48. The third-order valence-electron chi connectivity index (χ3n) is 5.15. The minimum Gasteiger partial charge on any atom is -0.349 e. The highest BCUT2D eigenvalue weighted by atomic mass is 16.1. The van der Waals surface area contributed by atoms with Crippen LogP contribution in [0.4, 0.5) is 0 Å². The molecule has 110 valence electrons. The Labute approximate surface area is 126 Å². The van der Waals surface area contributed by atoms with Gasteiger partial charge in [0.2, 0.25) is 0 Å². The first-order valence-corrected chi connectivity index (χ1v) is 8.07. The molecule has 21 heavy (non-hydrogen) atoms. The van der Waals surface area contributed by atoms with E-state index in [1.54, 1.807) is 24.3 Å². The Morgan fingerprint density at radius 1 is 1.05 bits per heavy atom. The number of carbonyl (C=O) groups excluding carboxylic acids is 1. The first kappa shape index (κ1) is 14.1. The van der Waals surface area contributed by atoms with Gasteiger partial charge in [-0.05, 0) is 55.4 Å². The van der Waals surface area contributed by atoms with Crippen molar-refractivity contribution in [2.75, 3.05) is 0 Å². The number of benzene rings is 1. The van der Waals surface area contributed by atoms with Crippen molar-refractivity contribution in [3.63, 3.8) is 0 Å². The third kappa shape index (κ3) is 3.26. The number of hydrogen-bond acceptors (Lipinski definition) is 2. The van der Waals surface area contributed by atoms with Crippen LogP contribution in [0.2, 0.25) is 0 Å². The van der Waals surface area contributed by atoms with Crippen molar-refractivity contribution in [1.82, 2.24) is 5.32 Å². The maximum Gasteiger partial charge on any atom is 0.251 e. The van der Waals surface area contributed by atoms with Gasteiger partial charge in [-0.1, -0.05) is 25.7 Å². The highest BCUT2D eigenvalue weighted by Crippen LogP contribution is 2.40. The Morgan fingerprint density at radius 3 is 2.48 bits per heavy atom. The molecule has 0 aliphatic heterocycles. The van der Waals surface area contributed by atoms with Crippen molar-refractivity contribution in [3.8, 4) is 6.07 Å². The standard InChI is InChI=1S/C18H22N2O/c19-12-13-5-7-15(8-6-13)18(21)20-17-10-9-14-3-1-2-4-16(14)11-17/h5-8,14,16-17H,1-4,9-11H2,(H,20,21)/t14-,16+,17-/m1/s1. The Hall–Kier alpha value is -1.82. The van der Waals surface area contributed by atoms with Gasteiger partial charge in [-0.3, -0.25) is 4.79 Å². The summed E-state index contributed by atoms with van der Waals surface area (Å²) < 4.78 is 0. The fraction of sp³-hybridized carbons (Fsp3) is 0.556. The fourth-order valence-corrected chi connectivity index (χ4v) is 3.97. The first-order chi connectivity index (χ1) is 10.3. The van der Waals surface area contributed by atoms with Crippen LogP contribution in [0.25, 0.3) is 0 Å². The van der Waals surface area contributed by atoms with Gasteiger partial charge < -0.3 is 5.32 Å². The van der Waals surface area contributed by atoms with Crippen molar-refractivity contribution in [1.29, 1.82) is 5.26 Å². The predicted molar refractivity (Wildman–Crippen MR) is 81.7 cm³/mol. The fourth-order valence-electron chi connectivity index (χ4n) is 3.97. The van der Waals surface area contributed by atoms with E-state index in [1.807, 2.05) is 0 Å². The van der Waals surface area contributed by atoms with Gasteiger partial charge in [0.15, 0.2) is 0 Å². The third-order valence-corrected chi connectivity index (χ3v) is 5.15.